The maximum absolute atomic E-state index is 11.8. The van der Waals surface area contributed by atoms with Crippen LogP contribution in [0.15, 0.2) is 46.5 Å². The summed E-state index contributed by atoms with van der Waals surface area (Å²) in [6.45, 7) is 0.342. The second kappa shape index (κ2) is 5.98. The molecular weight excluding hydrogens is 272 g/mol. The van der Waals surface area contributed by atoms with Crippen LogP contribution in [0.1, 0.15) is 0 Å². The summed E-state index contributed by atoms with van der Waals surface area (Å²) >= 11 is 1.43. The number of aromatic amines is 1. The number of nitrogens with one attached hydrogen (secondary N) is 2. The van der Waals surface area contributed by atoms with E-state index in [1.54, 1.807) is 36.5 Å². The Morgan fingerprint density at radius 3 is 2.72 bits per heavy atom. The van der Waals surface area contributed by atoms with Gasteiger partial charge in [-0.2, -0.15) is 10.3 Å². The van der Waals surface area contributed by atoms with Gasteiger partial charge in [0.25, 0.3) is 0 Å². The van der Waals surface area contributed by atoms with Gasteiger partial charge in [0, 0.05) is 12.3 Å². The van der Waals surface area contributed by atoms with Crippen LogP contribution in [0.5, 0.6) is 0 Å². The monoisotopic (exact) mass is 284 g/mol. The number of hydrogen-bond acceptors (Lipinski definition) is 5. The summed E-state index contributed by atoms with van der Waals surface area (Å²) in [6, 6.07) is 8.29. The van der Waals surface area contributed by atoms with Crippen LogP contribution in [0.4, 0.5) is 0 Å². The number of thioether (sulfide) groups is 1. The van der Waals surface area contributed by atoms with Crippen molar-refractivity contribution in [1.29, 1.82) is 0 Å². The van der Waals surface area contributed by atoms with E-state index in [2.05, 4.69) is 20.1 Å². The molecule has 1 aromatic heterocycles. The van der Waals surface area contributed by atoms with Gasteiger partial charge in [0.2, 0.25) is 10.0 Å². The van der Waals surface area contributed by atoms with Crippen LogP contribution in [0, 0.1) is 0 Å². The minimum Gasteiger partial charge on any atom is -0.210 e. The Labute approximate surface area is 109 Å². The molecule has 8 heteroatoms. The first-order chi connectivity index (χ1) is 8.68. The van der Waals surface area contributed by atoms with Gasteiger partial charge >= 0.3 is 0 Å². The summed E-state index contributed by atoms with van der Waals surface area (Å²) in [6.07, 6.45) is 1.59. The molecule has 18 heavy (non-hydrogen) atoms. The van der Waals surface area contributed by atoms with Crippen molar-refractivity contribution < 1.29 is 8.42 Å². The van der Waals surface area contributed by atoms with Crippen molar-refractivity contribution in [1.82, 2.24) is 20.1 Å². The number of sulfonamides is 1. The zero-order chi connectivity index (χ0) is 12.8. The van der Waals surface area contributed by atoms with Gasteiger partial charge in [0.15, 0.2) is 0 Å². The quantitative estimate of drug-likeness (QED) is 0.607. The molecule has 0 amide bonds. The van der Waals surface area contributed by atoms with Crippen molar-refractivity contribution in [2.24, 2.45) is 0 Å². The maximum atomic E-state index is 11.8. The van der Waals surface area contributed by atoms with Crippen LogP contribution in [-0.4, -0.2) is 36.1 Å². The molecule has 0 aliphatic heterocycles. The molecule has 0 bridgehead atoms. The molecule has 0 saturated heterocycles. The Morgan fingerprint density at radius 1 is 1.28 bits per heavy atom. The standard InChI is InChI=1S/C10H12N4O2S2/c15-18(16,9-4-2-1-3-5-9)12-6-7-17-10-8-11-14-13-10/h1-5,8,12H,6-7H2,(H,11,13,14). The van der Waals surface area contributed by atoms with Crippen molar-refractivity contribution in [2.75, 3.05) is 12.3 Å². The van der Waals surface area contributed by atoms with Gasteiger partial charge in [-0.05, 0) is 12.1 Å². The Hall–Kier alpha value is -1.38. The van der Waals surface area contributed by atoms with Crippen LogP contribution in [0.25, 0.3) is 0 Å². The lowest BCUT2D eigenvalue weighted by molar-refractivity contribution is 0.584. The third-order valence-electron chi connectivity index (χ3n) is 2.09. The van der Waals surface area contributed by atoms with Gasteiger partial charge in [-0.15, -0.1) is 16.9 Å². The lowest BCUT2D eigenvalue weighted by Gasteiger charge is -2.05. The van der Waals surface area contributed by atoms with Crippen LogP contribution in [0.3, 0.4) is 0 Å². The number of benzene rings is 1. The molecule has 0 spiro atoms. The largest absolute Gasteiger partial charge is 0.240 e. The molecule has 0 unspecified atom stereocenters. The molecule has 0 radical (unpaired) electrons. The zero-order valence-electron chi connectivity index (χ0n) is 9.41. The predicted octanol–water partition coefficient (Wildman–Crippen LogP) is 0.875. The van der Waals surface area contributed by atoms with Crippen molar-refractivity contribution >= 4 is 21.8 Å². The van der Waals surface area contributed by atoms with Crippen LogP contribution in [0.2, 0.25) is 0 Å². The fraction of sp³-hybridized carbons (Fsp3) is 0.200. The number of aromatic nitrogens is 3. The molecule has 0 atom stereocenters. The van der Waals surface area contributed by atoms with E-state index < -0.39 is 10.0 Å². The molecule has 2 rings (SSSR count). The maximum Gasteiger partial charge on any atom is 0.240 e. The van der Waals surface area contributed by atoms with Gasteiger partial charge in [-0.3, -0.25) is 0 Å². The Kier molecular flexibility index (Phi) is 4.34. The van der Waals surface area contributed by atoms with E-state index in [-0.39, 0.29) is 4.90 Å². The van der Waals surface area contributed by atoms with Gasteiger partial charge in [0.05, 0.1) is 11.1 Å². The van der Waals surface area contributed by atoms with Crippen molar-refractivity contribution in [3.05, 3.63) is 36.5 Å². The second-order valence-electron chi connectivity index (χ2n) is 3.37. The highest BCUT2D eigenvalue weighted by atomic mass is 32.2. The lowest BCUT2D eigenvalue weighted by atomic mass is 10.4. The van der Waals surface area contributed by atoms with E-state index in [1.807, 2.05) is 0 Å². The van der Waals surface area contributed by atoms with Crippen molar-refractivity contribution in [3.63, 3.8) is 0 Å². The summed E-state index contributed by atoms with van der Waals surface area (Å²) < 4.78 is 26.2. The van der Waals surface area contributed by atoms with Gasteiger partial charge in [0.1, 0.15) is 5.03 Å². The first-order valence-corrected chi connectivity index (χ1v) is 7.69. The molecular formula is C10H12N4O2S2. The lowest BCUT2D eigenvalue weighted by Crippen LogP contribution is -2.25. The van der Waals surface area contributed by atoms with Crippen LogP contribution in [-0.2, 0) is 10.0 Å². The highest BCUT2D eigenvalue weighted by molar-refractivity contribution is 7.99. The molecule has 2 aromatic rings. The fourth-order valence-electron chi connectivity index (χ4n) is 1.28. The van der Waals surface area contributed by atoms with E-state index in [4.69, 9.17) is 0 Å². The summed E-state index contributed by atoms with van der Waals surface area (Å²) in [5.41, 5.74) is 0. The Balaban J connectivity index is 1.83. The van der Waals surface area contributed by atoms with E-state index in [0.29, 0.717) is 12.3 Å². The first-order valence-electron chi connectivity index (χ1n) is 5.22. The van der Waals surface area contributed by atoms with Gasteiger partial charge in [-0.1, -0.05) is 18.2 Å². The number of H-pyrrole nitrogens is 1. The summed E-state index contributed by atoms with van der Waals surface area (Å²) in [5, 5.41) is 10.8. The smallest absolute Gasteiger partial charge is 0.210 e. The summed E-state index contributed by atoms with van der Waals surface area (Å²) in [5.74, 6) is 0.596. The molecule has 2 N–H and O–H groups in total. The topological polar surface area (TPSA) is 87.7 Å². The highest BCUT2D eigenvalue weighted by Crippen LogP contribution is 2.12. The molecule has 0 saturated carbocycles. The molecule has 1 heterocycles. The van der Waals surface area contributed by atoms with Gasteiger partial charge in [-0.25, -0.2) is 13.1 Å². The molecule has 0 aliphatic rings. The van der Waals surface area contributed by atoms with Gasteiger partial charge < -0.3 is 0 Å². The SMILES string of the molecule is O=S(=O)(NCCSc1cn[nH]n1)c1ccccc1. The first kappa shape index (κ1) is 13.1. The van der Waals surface area contributed by atoms with Crippen molar-refractivity contribution in [2.45, 2.75) is 9.92 Å². The predicted molar refractivity (Wildman–Crippen MR) is 68.7 cm³/mol. The van der Waals surface area contributed by atoms with E-state index in [9.17, 15) is 8.42 Å². The number of rotatable bonds is 6. The minimum absolute atomic E-state index is 0.274. The van der Waals surface area contributed by atoms with Crippen LogP contribution >= 0.6 is 11.8 Å². The molecule has 96 valence electrons. The normalized spacial score (nSPS) is 11.6. The van der Waals surface area contributed by atoms with Crippen molar-refractivity contribution in [3.8, 4) is 0 Å². The molecule has 6 nitrogen and oxygen atoms in total. The number of nitrogens with zero attached hydrogens (tertiary/aromatic N) is 2. The van der Waals surface area contributed by atoms with Crippen LogP contribution < -0.4 is 4.72 Å². The zero-order valence-corrected chi connectivity index (χ0v) is 11.0. The Morgan fingerprint density at radius 2 is 2.06 bits per heavy atom. The van der Waals surface area contributed by atoms with E-state index >= 15 is 0 Å². The average Bonchev–Trinajstić information content (AvgIpc) is 2.89. The minimum atomic E-state index is -3.41. The Bertz CT molecular complexity index is 569. The number of hydrogen-bond donors (Lipinski definition) is 2. The van der Waals surface area contributed by atoms with E-state index in [1.165, 1.54) is 11.8 Å². The average molecular weight is 284 g/mol. The third kappa shape index (κ3) is 3.56. The molecule has 1 aromatic carbocycles. The summed E-state index contributed by atoms with van der Waals surface area (Å²) in [4.78, 5) is 0.274. The van der Waals surface area contributed by atoms with E-state index in [0.717, 1.165) is 5.03 Å². The molecule has 0 fully saturated rings. The fourth-order valence-corrected chi connectivity index (χ4v) is 3.10. The summed E-state index contributed by atoms with van der Waals surface area (Å²) in [7, 11) is -3.41. The second-order valence-corrected chi connectivity index (χ2v) is 6.25. The third-order valence-corrected chi connectivity index (χ3v) is 4.47. The molecule has 0 aliphatic carbocycles. The highest BCUT2D eigenvalue weighted by Gasteiger charge is 2.12.